The number of ether oxygens (including phenoxy) is 2. The smallest absolute Gasteiger partial charge is 0.185 e. The maximum Gasteiger partial charge on any atom is 0.185 e. The number of rotatable bonds is 5. The minimum atomic E-state index is -0.143. The molecule has 2 aromatic carbocycles. The molecular formula is C18H18O4. The SMILES string of the molecule is COc1cc(OC)c(C=CC(=O)c2ccccc2)c(O)c1C. The van der Waals surface area contributed by atoms with E-state index < -0.39 is 0 Å². The molecule has 0 heterocycles. The van der Waals surface area contributed by atoms with Crippen molar-refractivity contribution < 1.29 is 19.4 Å². The molecule has 0 spiro atoms. The van der Waals surface area contributed by atoms with Crippen molar-refractivity contribution in [2.24, 2.45) is 0 Å². The van der Waals surface area contributed by atoms with Crippen molar-refractivity contribution in [1.82, 2.24) is 0 Å². The predicted molar refractivity (Wildman–Crippen MR) is 85.8 cm³/mol. The maximum absolute atomic E-state index is 12.1. The van der Waals surface area contributed by atoms with Crippen LogP contribution < -0.4 is 9.47 Å². The molecule has 4 nitrogen and oxygen atoms in total. The fraction of sp³-hybridized carbons (Fsp3) is 0.167. The van der Waals surface area contributed by atoms with Crippen molar-refractivity contribution in [2.45, 2.75) is 6.92 Å². The van der Waals surface area contributed by atoms with Gasteiger partial charge in [-0.3, -0.25) is 4.79 Å². The standard InChI is InChI=1S/C18H18O4/c1-12-16(21-2)11-17(22-3)14(18(12)20)9-10-15(19)13-7-5-4-6-8-13/h4-11,20H,1-3H3. The fourth-order valence-corrected chi connectivity index (χ4v) is 2.14. The first-order valence-electron chi connectivity index (χ1n) is 6.80. The Labute approximate surface area is 129 Å². The molecule has 2 aromatic rings. The van der Waals surface area contributed by atoms with Crippen LogP contribution in [0.4, 0.5) is 0 Å². The number of benzene rings is 2. The van der Waals surface area contributed by atoms with Crippen molar-refractivity contribution in [3.8, 4) is 17.2 Å². The van der Waals surface area contributed by atoms with Crippen LogP contribution in [0.1, 0.15) is 21.5 Å². The summed E-state index contributed by atoms with van der Waals surface area (Å²) >= 11 is 0. The lowest BCUT2D eigenvalue weighted by Gasteiger charge is -2.13. The number of phenols is 1. The summed E-state index contributed by atoms with van der Waals surface area (Å²) in [5.41, 5.74) is 1.63. The Balaban J connectivity index is 2.39. The number of ketones is 1. The van der Waals surface area contributed by atoms with E-state index in [-0.39, 0.29) is 11.5 Å². The molecule has 0 bridgehead atoms. The lowest BCUT2D eigenvalue weighted by Crippen LogP contribution is -1.96. The highest BCUT2D eigenvalue weighted by atomic mass is 16.5. The van der Waals surface area contributed by atoms with Crippen LogP contribution in [0.15, 0.2) is 42.5 Å². The van der Waals surface area contributed by atoms with E-state index in [2.05, 4.69) is 0 Å². The second-order valence-corrected chi connectivity index (χ2v) is 4.73. The molecule has 0 radical (unpaired) electrons. The molecule has 0 atom stereocenters. The molecule has 1 N–H and O–H groups in total. The van der Waals surface area contributed by atoms with Gasteiger partial charge in [0, 0.05) is 17.2 Å². The van der Waals surface area contributed by atoms with Gasteiger partial charge in [-0.15, -0.1) is 0 Å². The second-order valence-electron chi connectivity index (χ2n) is 4.73. The Bertz CT molecular complexity index is 703. The number of hydrogen-bond donors (Lipinski definition) is 1. The Morgan fingerprint density at radius 2 is 1.73 bits per heavy atom. The minimum absolute atomic E-state index is 0.0355. The number of carbonyl (C=O) groups is 1. The zero-order valence-electron chi connectivity index (χ0n) is 12.8. The quantitative estimate of drug-likeness (QED) is 0.676. The van der Waals surface area contributed by atoms with Gasteiger partial charge in [-0.05, 0) is 19.1 Å². The second kappa shape index (κ2) is 6.80. The van der Waals surface area contributed by atoms with E-state index in [1.54, 1.807) is 43.3 Å². The predicted octanol–water partition coefficient (Wildman–Crippen LogP) is 3.61. The van der Waals surface area contributed by atoms with Gasteiger partial charge in [0.1, 0.15) is 17.2 Å². The van der Waals surface area contributed by atoms with E-state index in [1.807, 2.05) is 6.07 Å². The van der Waals surface area contributed by atoms with Crippen molar-refractivity contribution >= 4 is 11.9 Å². The summed E-state index contributed by atoms with van der Waals surface area (Å²) in [5.74, 6) is 0.863. The van der Waals surface area contributed by atoms with E-state index in [4.69, 9.17) is 9.47 Å². The number of allylic oxidation sites excluding steroid dienone is 1. The van der Waals surface area contributed by atoms with Crippen LogP contribution in [-0.2, 0) is 0 Å². The van der Waals surface area contributed by atoms with E-state index in [0.29, 0.717) is 28.2 Å². The highest BCUT2D eigenvalue weighted by Crippen LogP contribution is 2.38. The van der Waals surface area contributed by atoms with E-state index in [9.17, 15) is 9.90 Å². The summed E-state index contributed by atoms with van der Waals surface area (Å²) in [6, 6.07) is 10.6. The van der Waals surface area contributed by atoms with Gasteiger partial charge in [-0.2, -0.15) is 0 Å². The van der Waals surface area contributed by atoms with E-state index in [0.717, 1.165) is 0 Å². The van der Waals surface area contributed by atoms with Gasteiger partial charge in [0.15, 0.2) is 5.78 Å². The number of aromatic hydroxyl groups is 1. The Hall–Kier alpha value is -2.75. The molecule has 4 heteroatoms. The Morgan fingerprint density at radius 1 is 1.09 bits per heavy atom. The molecule has 0 aromatic heterocycles. The van der Waals surface area contributed by atoms with E-state index >= 15 is 0 Å². The molecule has 22 heavy (non-hydrogen) atoms. The highest BCUT2D eigenvalue weighted by Gasteiger charge is 2.14. The van der Waals surface area contributed by atoms with E-state index in [1.165, 1.54) is 20.3 Å². The van der Waals surface area contributed by atoms with Crippen LogP contribution in [0.3, 0.4) is 0 Å². The van der Waals surface area contributed by atoms with Gasteiger partial charge < -0.3 is 14.6 Å². The first-order chi connectivity index (χ1) is 10.6. The highest BCUT2D eigenvalue weighted by molar-refractivity contribution is 6.07. The summed E-state index contributed by atoms with van der Waals surface area (Å²) in [6.07, 6.45) is 2.97. The number of phenolic OH excluding ortho intramolecular Hbond substituents is 1. The first kappa shape index (κ1) is 15.6. The molecular weight excluding hydrogens is 280 g/mol. The largest absolute Gasteiger partial charge is 0.507 e. The lowest BCUT2D eigenvalue weighted by molar-refractivity contribution is 0.104. The third kappa shape index (κ3) is 3.11. The summed E-state index contributed by atoms with van der Waals surface area (Å²) < 4.78 is 10.4. The zero-order chi connectivity index (χ0) is 16.1. The normalized spacial score (nSPS) is 10.7. The molecule has 0 aliphatic carbocycles. The molecule has 0 saturated heterocycles. The van der Waals surface area contributed by atoms with Crippen LogP contribution >= 0.6 is 0 Å². The zero-order valence-corrected chi connectivity index (χ0v) is 12.8. The lowest BCUT2D eigenvalue weighted by atomic mass is 10.0. The maximum atomic E-state index is 12.1. The van der Waals surface area contributed by atoms with Gasteiger partial charge in [-0.1, -0.05) is 30.3 Å². The number of hydrogen-bond acceptors (Lipinski definition) is 4. The van der Waals surface area contributed by atoms with Gasteiger partial charge in [-0.25, -0.2) is 0 Å². The average molecular weight is 298 g/mol. The van der Waals surface area contributed by atoms with Gasteiger partial charge in [0.25, 0.3) is 0 Å². The van der Waals surface area contributed by atoms with Gasteiger partial charge in [0.05, 0.1) is 19.8 Å². The van der Waals surface area contributed by atoms with Crippen LogP contribution in [0.25, 0.3) is 6.08 Å². The molecule has 0 aliphatic heterocycles. The van der Waals surface area contributed by atoms with Crippen molar-refractivity contribution in [3.63, 3.8) is 0 Å². The topological polar surface area (TPSA) is 55.8 Å². The molecule has 2 rings (SSSR count). The third-order valence-corrected chi connectivity index (χ3v) is 3.41. The average Bonchev–Trinajstić information content (AvgIpc) is 2.56. The van der Waals surface area contributed by atoms with Crippen LogP contribution in [-0.4, -0.2) is 25.1 Å². The summed E-state index contributed by atoms with van der Waals surface area (Å²) in [4.78, 5) is 12.1. The van der Waals surface area contributed by atoms with Crippen LogP contribution in [0.2, 0.25) is 0 Å². The molecule has 114 valence electrons. The van der Waals surface area contributed by atoms with Crippen LogP contribution in [0.5, 0.6) is 17.2 Å². The summed E-state index contributed by atoms with van der Waals surface area (Å²) in [5, 5.41) is 10.3. The van der Waals surface area contributed by atoms with Crippen molar-refractivity contribution in [1.29, 1.82) is 0 Å². The van der Waals surface area contributed by atoms with Crippen molar-refractivity contribution in [3.05, 3.63) is 59.2 Å². The minimum Gasteiger partial charge on any atom is -0.507 e. The fourth-order valence-electron chi connectivity index (χ4n) is 2.14. The Morgan fingerprint density at radius 3 is 2.32 bits per heavy atom. The summed E-state index contributed by atoms with van der Waals surface area (Å²) in [7, 11) is 3.02. The molecule has 0 saturated carbocycles. The third-order valence-electron chi connectivity index (χ3n) is 3.41. The molecule has 0 unspecified atom stereocenters. The van der Waals surface area contributed by atoms with Gasteiger partial charge >= 0.3 is 0 Å². The Kier molecular flexibility index (Phi) is 4.84. The molecule has 0 aliphatic rings. The number of methoxy groups -OCH3 is 2. The number of carbonyl (C=O) groups excluding carboxylic acids is 1. The monoisotopic (exact) mass is 298 g/mol. The van der Waals surface area contributed by atoms with Gasteiger partial charge in [0.2, 0.25) is 0 Å². The van der Waals surface area contributed by atoms with Crippen molar-refractivity contribution in [2.75, 3.05) is 14.2 Å². The van der Waals surface area contributed by atoms with Crippen LogP contribution in [0, 0.1) is 6.92 Å². The molecule has 0 fully saturated rings. The summed E-state index contributed by atoms with van der Waals surface area (Å²) in [6.45, 7) is 1.74. The molecule has 0 amide bonds. The first-order valence-corrected chi connectivity index (χ1v) is 6.80.